The van der Waals surface area contributed by atoms with E-state index in [1.54, 1.807) is 12.1 Å². The van der Waals surface area contributed by atoms with Gasteiger partial charge < -0.3 is 5.32 Å². The molecule has 0 spiro atoms. The standard InChI is InChI=1S/C13H16ClNO3S/c14-12-3-1-10(2-4-12)8-15-13(16)7-11-5-6-19(17,18)9-11/h1-4,11H,5-9H2,(H,15,16). The van der Waals surface area contributed by atoms with E-state index < -0.39 is 9.84 Å². The summed E-state index contributed by atoms with van der Waals surface area (Å²) in [6.07, 6.45) is 0.878. The zero-order valence-electron chi connectivity index (χ0n) is 10.4. The number of amides is 1. The number of halogens is 1. The lowest BCUT2D eigenvalue weighted by molar-refractivity contribution is -0.122. The predicted octanol–water partition coefficient (Wildman–Crippen LogP) is 1.78. The lowest BCUT2D eigenvalue weighted by Gasteiger charge is -2.08. The van der Waals surface area contributed by atoms with E-state index in [0.29, 0.717) is 18.0 Å². The molecule has 1 heterocycles. The van der Waals surface area contributed by atoms with Crippen LogP contribution >= 0.6 is 11.6 Å². The van der Waals surface area contributed by atoms with Crippen molar-refractivity contribution in [2.45, 2.75) is 19.4 Å². The quantitative estimate of drug-likeness (QED) is 0.922. The molecular formula is C13H16ClNO3S. The van der Waals surface area contributed by atoms with Gasteiger partial charge in [-0.2, -0.15) is 0 Å². The van der Waals surface area contributed by atoms with Crippen molar-refractivity contribution in [3.63, 3.8) is 0 Å². The van der Waals surface area contributed by atoms with Gasteiger partial charge in [0.15, 0.2) is 9.84 Å². The molecule has 104 valence electrons. The van der Waals surface area contributed by atoms with Crippen LogP contribution in [0.25, 0.3) is 0 Å². The van der Waals surface area contributed by atoms with Crippen LogP contribution in [0.5, 0.6) is 0 Å². The molecule has 1 saturated heterocycles. The minimum Gasteiger partial charge on any atom is -0.352 e. The largest absolute Gasteiger partial charge is 0.352 e. The number of carbonyl (C=O) groups excluding carboxylic acids is 1. The van der Waals surface area contributed by atoms with Gasteiger partial charge in [-0.25, -0.2) is 8.42 Å². The zero-order chi connectivity index (χ0) is 13.9. The highest BCUT2D eigenvalue weighted by atomic mass is 35.5. The fraction of sp³-hybridized carbons (Fsp3) is 0.462. The van der Waals surface area contributed by atoms with Crippen LogP contribution in [0.15, 0.2) is 24.3 Å². The average Bonchev–Trinajstić information content (AvgIpc) is 2.68. The number of sulfone groups is 1. The Hall–Kier alpha value is -1.07. The van der Waals surface area contributed by atoms with Gasteiger partial charge in [0.05, 0.1) is 11.5 Å². The Balaban J connectivity index is 1.77. The fourth-order valence-electron chi connectivity index (χ4n) is 2.17. The third-order valence-electron chi connectivity index (χ3n) is 3.20. The number of hydrogen-bond donors (Lipinski definition) is 1. The van der Waals surface area contributed by atoms with Crippen molar-refractivity contribution in [1.82, 2.24) is 5.32 Å². The van der Waals surface area contributed by atoms with Crippen LogP contribution in [-0.2, 0) is 21.2 Å². The number of nitrogens with one attached hydrogen (secondary N) is 1. The molecule has 4 nitrogen and oxygen atoms in total. The van der Waals surface area contributed by atoms with Crippen LogP contribution in [-0.4, -0.2) is 25.8 Å². The Morgan fingerprint density at radius 3 is 2.58 bits per heavy atom. The second kappa shape index (κ2) is 5.92. The van der Waals surface area contributed by atoms with Crippen molar-refractivity contribution < 1.29 is 13.2 Å². The molecule has 0 radical (unpaired) electrons. The normalized spacial score (nSPS) is 21.2. The number of benzene rings is 1. The molecule has 1 amide bonds. The molecule has 19 heavy (non-hydrogen) atoms. The first kappa shape index (κ1) is 14.3. The van der Waals surface area contributed by atoms with Crippen molar-refractivity contribution in [1.29, 1.82) is 0 Å². The maximum atomic E-state index is 11.7. The molecule has 1 fully saturated rings. The van der Waals surface area contributed by atoms with E-state index in [0.717, 1.165) is 5.56 Å². The Morgan fingerprint density at radius 2 is 2.00 bits per heavy atom. The summed E-state index contributed by atoms with van der Waals surface area (Å²) in [5.74, 6) is 0.219. The molecular weight excluding hydrogens is 286 g/mol. The van der Waals surface area contributed by atoms with Gasteiger partial charge in [-0.3, -0.25) is 4.79 Å². The van der Waals surface area contributed by atoms with E-state index in [-0.39, 0.29) is 29.8 Å². The molecule has 1 N–H and O–H groups in total. The van der Waals surface area contributed by atoms with E-state index in [9.17, 15) is 13.2 Å². The van der Waals surface area contributed by atoms with E-state index in [1.807, 2.05) is 12.1 Å². The fourth-order valence-corrected chi connectivity index (χ4v) is 4.16. The zero-order valence-corrected chi connectivity index (χ0v) is 12.0. The molecule has 0 bridgehead atoms. The lowest BCUT2D eigenvalue weighted by Crippen LogP contribution is -2.25. The van der Waals surface area contributed by atoms with Gasteiger partial charge in [-0.05, 0) is 30.0 Å². The molecule has 1 aliphatic heterocycles. The highest BCUT2D eigenvalue weighted by molar-refractivity contribution is 7.91. The second-order valence-corrected chi connectivity index (χ2v) is 7.54. The first-order valence-electron chi connectivity index (χ1n) is 6.16. The molecule has 1 aliphatic rings. The molecule has 1 aromatic rings. The highest BCUT2D eigenvalue weighted by Crippen LogP contribution is 2.21. The van der Waals surface area contributed by atoms with Gasteiger partial charge in [0.1, 0.15) is 0 Å². The third-order valence-corrected chi connectivity index (χ3v) is 5.29. The summed E-state index contributed by atoms with van der Waals surface area (Å²) < 4.78 is 22.6. The Labute approximate surface area is 118 Å². The SMILES string of the molecule is O=C(CC1CCS(=O)(=O)C1)NCc1ccc(Cl)cc1. The van der Waals surface area contributed by atoms with Crippen LogP contribution < -0.4 is 5.32 Å². The number of rotatable bonds is 4. The van der Waals surface area contributed by atoms with Crippen molar-refractivity contribution in [2.24, 2.45) is 5.92 Å². The van der Waals surface area contributed by atoms with Gasteiger partial charge in [0.2, 0.25) is 5.91 Å². The molecule has 0 aliphatic carbocycles. The van der Waals surface area contributed by atoms with Crippen molar-refractivity contribution in [3.05, 3.63) is 34.9 Å². The number of hydrogen-bond acceptors (Lipinski definition) is 3. The van der Waals surface area contributed by atoms with Crippen molar-refractivity contribution in [2.75, 3.05) is 11.5 Å². The van der Waals surface area contributed by atoms with Gasteiger partial charge in [0, 0.05) is 18.0 Å². The van der Waals surface area contributed by atoms with Crippen LogP contribution in [0, 0.1) is 5.92 Å². The van der Waals surface area contributed by atoms with E-state index in [4.69, 9.17) is 11.6 Å². The summed E-state index contributed by atoms with van der Waals surface area (Å²) in [6.45, 7) is 0.440. The highest BCUT2D eigenvalue weighted by Gasteiger charge is 2.29. The Kier molecular flexibility index (Phi) is 4.47. The molecule has 0 aromatic heterocycles. The molecule has 1 unspecified atom stereocenters. The lowest BCUT2D eigenvalue weighted by atomic mass is 10.1. The predicted molar refractivity (Wildman–Crippen MR) is 74.7 cm³/mol. The third kappa shape index (κ3) is 4.51. The van der Waals surface area contributed by atoms with Gasteiger partial charge in [0.25, 0.3) is 0 Å². The van der Waals surface area contributed by atoms with Gasteiger partial charge >= 0.3 is 0 Å². The first-order chi connectivity index (χ1) is 8.94. The molecule has 2 rings (SSSR count). The number of carbonyl (C=O) groups is 1. The smallest absolute Gasteiger partial charge is 0.220 e. The molecule has 6 heteroatoms. The summed E-state index contributed by atoms with van der Waals surface area (Å²) in [7, 11) is -2.91. The topological polar surface area (TPSA) is 63.2 Å². The average molecular weight is 302 g/mol. The van der Waals surface area contributed by atoms with Crippen LogP contribution in [0.3, 0.4) is 0 Å². The van der Waals surface area contributed by atoms with Crippen LogP contribution in [0.1, 0.15) is 18.4 Å². The maximum Gasteiger partial charge on any atom is 0.220 e. The van der Waals surface area contributed by atoms with Gasteiger partial charge in [-0.1, -0.05) is 23.7 Å². The second-order valence-electron chi connectivity index (χ2n) is 4.88. The van der Waals surface area contributed by atoms with Crippen molar-refractivity contribution in [3.8, 4) is 0 Å². The van der Waals surface area contributed by atoms with Crippen LogP contribution in [0.4, 0.5) is 0 Å². The minimum atomic E-state index is -2.91. The van der Waals surface area contributed by atoms with E-state index in [2.05, 4.69) is 5.32 Å². The molecule has 0 saturated carbocycles. The summed E-state index contributed by atoms with van der Waals surface area (Å²) in [5, 5.41) is 3.45. The van der Waals surface area contributed by atoms with Gasteiger partial charge in [-0.15, -0.1) is 0 Å². The maximum absolute atomic E-state index is 11.7. The summed E-state index contributed by atoms with van der Waals surface area (Å²) in [4.78, 5) is 11.7. The summed E-state index contributed by atoms with van der Waals surface area (Å²) >= 11 is 5.77. The van der Waals surface area contributed by atoms with E-state index in [1.165, 1.54) is 0 Å². The Bertz CT molecular complexity index is 554. The molecule has 1 aromatic carbocycles. The van der Waals surface area contributed by atoms with E-state index >= 15 is 0 Å². The first-order valence-corrected chi connectivity index (χ1v) is 8.36. The summed E-state index contributed by atoms with van der Waals surface area (Å²) in [6, 6.07) is 7.24. The summed E-state index contributed by atoms with van der Waals surface area (Å²) in [5.41, 5.74) is 0.969. The minimum absolute atomic E-state index is 0.0322. The molecule has 1 atom stereocenters. The monoisotopic (exact) mass is 301 g/mol. The Morgan fingerprint density at radius 1 is 1.32 bits per heavy atom. The van der Waals surface area contributed by atoms with Crippen molar-refractivity contribution >= 4 is 27.3 Å². The van der Waals surface area contributed by atoms with Crippen LogP contribution in [0.2, 0.25) is 5.02 Å².